The van der Waals surface area contributed by atoms with E-state index in [0.29, 0.717) is 40.3 Å². The van der Waals surface area contributed by atoms with Crippen LogP contribution in [0.1, 0.15) is 37.0 Å². The highest BCUT2D eigenvalue weighted by molar-refractivity contribution is 5.76. The summed E-state index contributed by atoms with van der Waals surface area (Å²) in [5.41, 5.74) is 4.77. The van der Waals surface area contributed by atoms with Gasteiger partial charge in [0.25, 0.3) is 0 Å². The first kappa shape index (κ1) is 24.3. The largest absolute Gasteiger partial charge is 0.493 e. The van der Waals surface area contributed by atoms with Gasteiger partial charge in [-0.25, -0.2) is 9.50 Å². The average Bonchev–Trinajstić information content (AvgIpc) is 3.48. The number of rotatable bonds is 6. The Labute approximate surface area is 207 Å². The van der Waals surface area contributed by atoms with Crippen molar-refractivity contribution in [3.63, 3.8) is 0 Å². The van der Waals surface area contributed by atoms with Crippen LogP contribution in [0.5, 0.6) is 5.75 Å². The highest BCUT2D eigenvalue weighted by Gasteiger charge is 2.33. The molecular formula is C26H29F3N6O. The number of aromatic nitrogens is 5. The van der Waals surface area contributed by atoms with E-state index in [2.05, 4.69) is 46.1 Å². The fourth-order valence-corrected chi connectivity index (χ4v) is 5.05. The zero-order valence-corrected chi connectivity index (χ0v) is 20.7. The number of halogens is 3. The van der Waals surface area contributed by atoms with Gasteiger partial charge in [-0.1, -0.05) is 12.1 Å². The number of methoxy groups -OCH3 is 1. The number of alkyl halides is 3. The molecule has 190 valence electrons. The Bertz CT molecular complexity index is 1390. The standard InChI is InChI=1S/C26H29F3N6O/c1-15(2)34(3)20-8-7-16-9-18(6-5-17(16)10-20)23-21(12-26(27,28)29)24(33-32-23)19-11-22(36-4)25-30-14-31-35(25)13-19/h5-6,9,11,13-15,20H,7-8,10,12H2,1-4H3,(H,32,33). The molecule has 1 aromatic carbocycles. The topological polar surface area (TPSA) is 71.3 Å². The maximum atomic E-state index is 13.7. The van der Waals surface area contributed by atoms with E-state index in [1.807, 2.05) is 18.2 Å². The molecule has 0 aliphatic heterocycles. The predicted octanol–water partition coefficient (Wildman–Crippen LogP) is 5.10. The normalized spacial score (nSPS) is 16.2. The van der Waals surface area contributed by atoms with E-state index in [1.165, 1.54) is 29.1 Å². The summed E-state index contributed by atoms with van der Waals surface area (Å²) in [5, 5.41) is 11.3. The fraction of sp³-hybridized carbons (Fsp3) is 0.423. The van der Waals surface area contributed by atoms with Crippen molar-refractivity contribution >= 4 is 5.65 Å². The van der Waals surface area contributed by atoms with E-state index in [1.54, 1.807) is 12.3 Å². The summed E-state index contributed by atoms with van der Waals surface area (Å²) >= 11 is 0. The monoisotopic (exact) mass is 498 g/mol. The van der Waals surface area contributed by atoms with Crippen LogP contribution in [0.3, 0.4) is 0 Å². The van der Waals surface area contributed by atoms with Gasteiger partial charge in [0.15, 0.2) is 11.4 Å². The van der Waals surface area contributed by atoms with Gasteiger partial charge >= 0.3 is 6.18 Å². The number of aryl methyl sites for hydroxylation is 1. The lowest BCUT2D eigenvalue weighted by molar-refractivity contribution is -0.127. The summed E-state index contributed by atoms with van der Waals surface area (Å²) in [5.74, 6) is 0.405. The molecule has 0 fully saturated rings. The molecule has 3 aromatic heterocycles. The molecule has 0 radical (unpaired) electrons. The van der Waals surface area contributed by atoms with Crippen molar-refractivity contribution in [3.05, 3.63) is 53.5 Å². The van der Waals surface area contributed by atoms with E-state index in [9.17, 15) is 13.2 Å². The third kappa shape index (κ3) is 4.57. The molecule has 5 rings (SSSR count). The van der Waals surface area contributed by atoms with Gasteiger partial charge in [-0.3, -0.25) is 5.10 Å². The molecule has 0 saturated carbocycles. The summed E-state index contributed by atoms with van der Waals surface area (Å²) in [6, 6.07) is 8.52. The number of pyridine rings is 1. The number of likely N-dealkylation sites (N-methyl/N-ethyl adjacent to an activating group) is 1. The van der Waals surface area contributed by atoms with Crippen molar-refractivity contribution in [1.29, 1.82) is 0 Å². The molecule has 4 aromatic rings. The third-order valence-electron chi connectivity index (χ3n) is 7.17. The molecule has 7 nitrogen and oxygen atoms in total. The molecule has 0 spiro atoms. The van der Waals surface area contributed by atoms with E-state index >= 15 is 0 Å². The first-order valence-electron chi connectivity index (χ1n) is 12.0. The van der Waals surface area contributed by atoms with Gasteiger partial charge in [-0.2, -0.15) is 23.4 Å². The number of hydrogen-bond acceptors (Lipinski definition) is 5. The summed E-state index contributed by atoms with van der Waals surface area (Å²) < 4.78 is 48.0. The van der Waals surface area contributed by atoms with Crippen LogP contribution in [0.15, 0.2) is 36.8 Å². The summed E-state index contributed by atoms with van der Waals surface area (Å²) in [4.78, 5) is 6.53. The minimum Gasteiger partial charge on any atom is -0.493 e. The summed E-state index contributed by atoms with van der Waals surface area (Å²) in [6.45, 7) is 4.37. The maximum absolute atomic E-state index is 13.7. The number of fused-ring (bicyclic) bond motifs is 2. The van der Waals surface area contributed by atoms with Gasteiger partial charge in [0.1, 0.15) is 6.33 Å². The third-order valence-corrected chi connectivity index (χ3v) is 7.17. The zero-order valence-electron chi connectivity index (χ0n) is 20.7. The van der Waals surface area contributed by atoms with Crippen molar-refractivity contribution in [1.82, 2.24) is 29.7 Å². The second kappa shape index (κ2) is 9.24. The minimum absolute atomic E-state index is 0.0946. The van der Waals surface area contributed by atoms with Gasteiger partial charge in [0.2, 0.25) is 0 Å². The molecule has 10 heteroatoms. The number of ether oxygens (including phenoxy) is 1. The molecule has 1 unspecified atom stereocenters. The highest BCUT2D eigenvalue weighted by Crippen LogP contribution is 2.38. The number of nitrogens with zero attached hydrogens (tertiary/aromatic N) is 5. The van der Waals surface area contributed by atoms with E-state index in [0.717, 1.165) is 19.3 Å². The SMILES string of the molecule is COc1cc(-c2n[nH]c(-c3ccc4c(c3)CCC(N(C)C(C)C)C4)c2CC(F)(F)F)cn2ncnc12. The van der Waals surface area contributed by atoms with Gasteiger partial charge in [0, 0.05) is 35.0 Å². The van der Waals surface area contributed by atoms with Crippen LogP contribution >= 0.6 is 0 Å². The molecule has 36 heavy (non-hydrogen) atoms. The van der Waals surface area contributed by atoms with Gasteiger partial charge in [-0.15, -0.1) is 0 Å². The Morgan fingerprint density at radius 1 is 1.19 bits per heavy atom. The quantitative estimate of drug-likeness (QED) is 0.401. The molecule has 0 saturated heterocycles. The number of benzene rings is 1. The van der Waals surface area contributed by atoms with Gasteiger partial charge in [0.05, 0.1) is 24.9 Å². The lowest BCUT2D eigenvalue weighted by atomic mass is 9.85. The number of H-pyrrole nitrogens is 1. The summed E-state index contributed by atoms with van der Waals surface area (Å²) in [7, 11) is 3.63. The molecule has 1 aliphatic carbocycles. The zero-order chi connectivity index (χ0) is 25.6. The molecule has 0 bridgehead atoms. The maximum Gasteiger partial charge on any atom is 0.393 e. The second-order valence-corrected chi connectivity index (χ2v) is 9.68. The first-order chi connectivity index (χ1) is 17.1. The van der Waals surface area contributed by atoms with Crippen molar-refractivity contribution in [2.45, 2.75) is 57.8 Å². The minimum atomic E-state index is -4.41. The number of aromatic amines is 1. The van der Waals surface area contributed by atoms with E-state index < -0.39 is 12.6 Å². The Morgan fingerprint density at radius 2 is 2.00 bits per heavy atom. The molecular weight excluding hydrogens is 469 g/mol. The van der Waals surface area contributed by atoms with Crippen LogP contribution in [0.25, 0.3) is 28.2 Å². The van der Waals surface area contributed by atoms with Gasteiger partial charge < -0.3 is 9.64 Å². The second-order valence-electron chi connectivity index (χ2n) is 9.68. The van der Waals surface area contributed by atoms with Crippen LogP contribution in [0.2, 0.25) is 0 Å². The van der Waals surface area contributed by atoms with Crippen LogP contribution in [0, 0.1) is 0 Å². The first-order valence-corrected chi connectivity index (χ1v) is 12.0. The smallest absolute Gasteiger partial charge is 0.393 e. The Hall–Kier alpha value is -3.40. The average molecular weight is 499 g/mol. The molecule has 3 heterocycles. The van der Waals surface area contributed by atoms with E-state index in [-0.39, 0.29) is 11.3 Å². The lowest BCUT2D eigenvalue weighted by Crippen LogP contribution is -2.40. The highest BCUT2D eigenvalue weighted by atomic mass is 19.4. The van der Waals surface area contributed by atoms with Crippen LogP contribution in [-0.4, -0.2) is 62.1 Å². The van der Waals surface area contributed by atoms with Gasteiger partial charge in [-0.05, 0) is 63.4 Å². The van der Waals surface area contributed by atoms with Crippen molar-refractivity contribution in [3.8, 4) is 28.3 Å². The van der Waals surface area contributed by atoms with Crippen LogP contribution in [0.4, 0.5) is 13.2 Å². The van der Waals surface area contributed by atoms with Crippen molar-refractivity contribution in [2.24, 2.45) is 0 Å². The Kier molecular flexibility index (Phi) is 6.23. The number of hydrogen-bond donors (Lipinski definition) is 1. The molecule has 1 aliphatic rings. The van der Waals surface area contributed by atoms with Crippen molar-refractivity contribution < 1.29 is 17.9 Å². The fourth-order valence-electron chi connectivity index (χ4n) is 5.05. The number of nitrogens with one attached hydrogen (secondary N) is 1. The van der Waals surface area contributed by atoms with E-state index in [4.69, 9.17) is 4.74 Å². The van der Waals surface area contributed by atoms with Crippen molar-refractivity contribution in [2.75, 3.05) is 14.2 Å². The Morgan fingerprint density at radius 3 is 2.72 bits per heavy atom. The lowest BCUT2D eigenvalue weighted by Gasteiger charge is -2.35. The van der Waals surface area contributed by atoms with Crippen LogP contribution < -0.4 is 4.74 Å². The molecule has 1 atom stereocenters. The summed E-state index contributed by atoms with van der Waals surface area (Å²) in [6.07, 6.45) is 0.314. The predicted molar refractivity (Wildman–Crippen MR) is 131 cm³/mol. The Balaban J connectivity index is 1.56. The molecule has 1 N–H and O–H groups in total. The van der Waals surface area contributed by atoms with Crippen LogP contribution in [-0.2, 0) is 19.3 Å². The molecule has 0 amide bonds.